The van der Waals surface area contributed by atoms with Crippen molar-refractivity contribution in [2.45, 2.75) is 38.4 Å². The van der Waals surface area contributed by atoms with Gasteiger partial charge in [-0.25, -0.2) is 4.79 Å². The third-order valence-corrected chi connectivity index (χ3v) is 6.18. The summed E-state index contributed by atoms with van der Waals surface area (Å²) in [5, 5.41) is 2.91. The number of aromatic nitrogens is 1. The van der Waals surface area contributed by atoms with Gasteiger partial charge in [0, 0.05) is 32.3 Å². The van der Waals surface area contributed by atoms with Gasteiger partial charge in [-0.1, -0.05) is 24.3 Å². The summed E-state index contributed by atoms with van der Waals surface area (Å²) in [6.45, 7) is 5.12. The van der Waals surface area contributed by atoms with Gasteiger partial charge in [-0.2, -0.15) is 0 Å². The van der Waals surface area contributed by atoms with Crippen LogP contribution in [-0.4, -0.2) is 54.8 Å². The molecule has 2 heterocycles. The Kier molecular flexibility index (Phi) is 7.47. The minimum atomic E-state index is -0.693. The minimum Gasteiger partial charge on any atom is -0.492 e. The number of hydrogen-bond donors (Lipinski definition) is 1. The molecule has 1 saturated heterocycles. The van der Waals surface area contributed by atoms with E-state index in [-0.39, 0.29) is 5.91 Å². The molecule has 8 nitrogen and oxygen atoms in total. The molecule has 1 aliphatic rings. The summed E-state index contributed by atoms with van der Waals surface area (Å²) in [5.41, 5.74) is 2.00. The van der Waals surface area contributed by atoms with Gasteiger partial charge in [0.1, 0.15) is 18.4 Å². The number of ether oxygens (including phenoxy) is 2. The van der Waals surface area contributed by atoms with Gasteiger partial charge in [-0.05, 0) is 56.6 Å². The quantitative estimate of drug-likeness (QED) is 0.536. The van der Waals surface area contributed by atoms with E-state index in [9.17, 15) is 9.59 Å². The number of rotatable bonds is 9. The lowest BCUT2D eigenvalue weighted by Gasteiger charge is -2.31. The Bertz CT molecular complexity index is 1130. The normalized spacial score (nSPS) is 15.6. The lowest BCUT2D eigenvalue weighted by Crippen LogP contribution is -2.38. The van der Waals surface area contributed by atoms with E-state index in [4.69, 9.17) is 13.9 Å². The summed E-state index contributed by atoms with van der Waals surface area (Å²) in [4.78, 5) is 27.3. The van der Waals surface area contributed by atoms with Crippen LogP contribution < -0.4 is 15.8 Å². The van der Waals surface area contributed by atoms with Crippen LogP contribution in [0.25, 0.3) is 11.1 Å². The smallest absolute Gasteiger partial charge is 0.420 e. The standard InChI is InChI=1S/C25H31N3O5/c1-18(28-22-8-3-4-9-23(22)33-25(28)30)24(29)26-17-19-6-5-7-21(16-19)32-15-12-27(2)20-10-13-31-14-11-20/h3-9,16,18,20H,10-15,17H2,1-2H3,(H,26,29). The lowest BCUT2D eigenvalue weighted by atomic mass is 10.1. The van der Waals surface area contributed by atoms with E-state index in [0.717, 1.165) is 43.9 Å². The molecule has 0 spiro atoms. The van der Waals surface area contributed by atoms with Crippen LogP contribution in [0.15, 0.2) is 57.7 Å². The third-order valence-electron chi connectivity index (χ3n) is 6.18. The molecule has 0 bridgehead atoms. The van der Waals surface area contributed by atoms with Gasteiger partial charge in [0.15, 0.2) is 5.58 Å². The molecular formula is C25H31N3O5. The Labute approximate surface area is 193 Å². The molecule has 4 rings (SSSR count). The molecule has 1 amide bonds. The zero-order chi connectivity index (χ0) is 23.2. The highest BCUT2D eigenvalue weighted by Crippen LogP contribution is 2.18. The number of nitrogens with zero attached hydrogens (tertiary/aromatic N) is 2. The molecule has 3 aromatic rings. The van der Waals surface area contributed by atoms with Crippen molar-refractivity contribution in [3.05, 3.63) is 64.6 Å². The Balaban J connectivity index is 1.29. The Morgan fingerprint density at radius 1 is 1.21 bits per heavy atom. The zero-order valence-electron chi connectivity index (χ0n) is 19.2. The maximum Gasteiger partial charge on any atom is 0.420 e. The van der Waals surface area contributed by atoms with Crippen LogP contribution in [0.4, 0.5) is 0 Å². The van der Waals surface area contributed by atoms with Gasteiger partial charge < -0.3 is 19.2 Å². The third kappa shape index (κ3) is 5.64. The highest BCUT2D eigenvalue weighted by molar-refractivity contribution is 5.82. The van der Waals surface area contributed by atoms with Crippen molar-refractivity contribution in [3.63, 3.8) is 0 Å². The van der Waals surface area contributed by atoms with Crippen LogP contribution >= 0.6 is 0 Å². The van der Waals surface area contributed by atoms with Crippen LogP contribution in [0.2, 0.25) is 0 Å². The summed E-state index contributed by atoms with van der Waals surface area (Å²) < 4.78 is 18.0. The number of fused-ring (bicyclic) bond motifs is 1. The number of carbonyl (C=O) groups is 1. The van der Waals surface area contributed by atoms with E-state index in [0.29, 0.717) is 30.3 Å². The highest BCUT2D eigenvalue weighted by Gasteiger charge is 2.21. The summed E-state index contributed by atoms with van der Waals surface area (Å²) in [5.74, 6) is -0.0275. The van der Waals surface area contributed by atoms with Gasteiger partial charge in [-0.15, -0.1) is 0 Å². The number of hydrogen-bond acceptors (Lipinski definition) is 6. The Hall–Kier alpha value is -3.10. The molecule has 1 unspecified atom stereocenters. The van der Waals surface area contributed by atoms with Gasteiger partial charge in [0.2, 0.25) is 5.91 Å². The first-order valence-electron chi connectivity index (χ1n) is 11.4. The molecule has 1 aromatic heterocycles. The number of para-hydroxylation sites is 2. The highest BCUT2D eigenvalue weighted by atomic mass is 16.5. The van der Waals surface area contributed by atoms with E-state index in [1.54, 1.807) is 25.1 Å². The molecule has 0 saturated carbocycles. The first-order valence-corrected chi connectivity index (χ1v) is 11.4. The second-order valence-corrected chi connectivity index (χ2v) is 8.42. The second-order valence-electron chi connectivity index (χ2n) is 8.42. The van der Waals surface area contributed by atoms with Crippen molar-refractivity contribution in [3.8, 4) is 5.75 Å². The number of carbonyl (C=O) groups excluding carboxylic acids is 1. The Morgan fingerprint density at radius 2 is 2.00 bits per heavy atom. The van der Waals surface area contributed by atoms with Crippen molar-refractivity contribution in [2.75, 3.05) is 33.4 Å². The molecule has 176 valence electrons. The van der Waals surface area contributed by atoms with Crippen molar-refractivity contribution in [1.82, 2.24) is 14.8 Å². The minimum absolute atomic E-state index is 0.256. The number of oxazole rings is 1. The summed E-state index contributed by atoms with van der Waals surface area (Å²) >= 11 is 0. The molecule has 1 fully saturated rings. The number of benzene rings is 2. The largest absolute Gasteiger partial charge is 0.492 e. The fraction of sp³-hybridized carbons (Fsp3) is 0.440. The molecule has 1 atom stereocenters. The summed E-state index contributed by atoms with van der Waals surface area (Å²) in [6.07, 6.45) is 2.12. The van der Waals surface area contributed by atoms with E-state index in [2.05, 4.69) is 17.3 Å². The van der Waals surface area contributed by atoms with Gasteiger partial charge in [-0.3, -0.25) is 14.3 Å². The van der Waals surface area contributed by atoms with Crippen LogP contribution in [0.1, 0.15) is 31.4 Å². The van der Waals surface area contributed by atoms with E-state index in [1.165, 1.54) is 4.57 Å². The van der Waals surface area contributed by atoms with Crippen LogP contribution in [0.5, 0.6) is 5.75 Å². The fourth-order valence-electron chi connectivity index (χ4n) is 4.17. The topological polar surface area (TPSA) is 85.9 Å². The molecular weight excluding hydrogens is 422 g/mol. The molecule has 8 heteroatoms. The second kappa shape index (κ2) is 10.7. The molecule has 33 heavy (non-hydrogen) atoms. The van der Waals surface area contributed by atoms with Crippen LogP contribution in [0.3, 0.4) is 0 Å². The average Bonchev–Trinajstić information content (AvgIpc) is 3.18. The summed E-state index contributed by atoms with van der Waals surface area (Å²) in [6, 6.07) is 14.6. The number of amides is 1. The van der Waals surface area contributed by atoms with E-state index in [1.807, 2.05) is 30.3 Å². The SMILES string of the molecule is CC(C(=O)NCc1cccc(OCCN(C)C2CCOCC2)c1)n1c(=O)oc2ccccc21. The van der Waals surface area contributed by atoms with Gasteiger partial charge >= 0.3 is 5.76 Å². The van der Waals surface area contributed by atoms with Crippen molar-refractivity contribution < 1.29 is 18.7 Å². The average molecular weight is 454 g/mol. The fourth-order valence-corrected chi connectivity index (χ4v) is 4.17. The monoisotopic (exact) mass is 453 g/mol. The van der Waals surface area contributed by atoms with E-state index < -0.39 is 11.8 Å². The molecule has 1 aliphatic heterocycles. The first kappa shape index (κ1) is 23.1. The van der Waals surface area contributed by atoms with Crippen LogP contribution in [0, 0.1) is 0 Å². The predicted molar refractivity (Wildman–Crippen MR) is 125 cm³/mol. The molecule has 0 radical (unpaired) electrons. The van der Waals surface area contributed by atoms with Gasteiger partial charge in [0.25, 0.3) is 0 Å². The molecule has 1 N–H and O–H groups in total. The van der Waals surface area contributed by atoms with Crippen LogP contribution in [-0.2, 0) is 16.1 Å². The Morgan fingerprint density at radius 3 is 2.82 bits per heavy atom. The zero-order valence-corrected chi connectivity index (χ0v) is 19.2. The maximum absolute atomic E-state index is 12.7. The maximum atomic E-state index is 12.7. The molecule has 0 aliphatic carbocycles. The van der Waals surface area contributed by atoms with Crippen molar-refractivity contribution >= 4 is 17.0 Å². The van der Waals surface area contributed by atoms with Crippen molar-refractivity contribution in [2.24, 2.45) is 0 Å². The van der Waals surface area contributed by atoms with E-state index >= 15 is 0 Å². The number of likely N-dealkylation sites (N-methyl/N-ethyl adjacent to an activating group) is 1. The molecule has 2 aromatic carbocycles. The first-order chi connectivity index (χ1) is 16.0. The van der Waals surface area contributed by atoms with Gasteiger partial charge in [0.05, 0.1) is 5.52 Å². The summed E-state index contributed by atoms with van der Waals surface area (Å²) in [7, 11) is 2.13. The number of nitrogens with one attached hydrogen (secondary N) is 1. The van der Waals surface area contributed by atoms with Crippen molar-refractivity contribution in [1.29, 1.82) is 0 Å². The lowest BCUT2D eigenvalue weighted by molar-refractivity contribution is -0.124. The predicted octanol–water partition coefficient (Wildman–Crippen LogP) is 2.96.